The average Bonchev–Trinajstić information content (AvgIpc) is 2.26. The Balaban J connectivity index is 3.02. The van der Waals surface area contributed by atoms with Gasteiger partial charge in [-0.1, -0.05) is 13.0 Å². The molecule has 0 aliphatic rings. The molecule has 0 atom stereocenters. The molecule has 2 heteroatoms. The highest BCUT2D eigenvalue weighted by atomic mass is 14.7. The molecule has 1 aromatic heterocycles. The molecule has 2 rings (SSSR count). The van der Waals surface area contributed by atoms with Crippen molar-refractivity contribution in [2.75, 3.05) is 5.73 Å². The first-order valence-electron chi connectivity index (χ1n) is 5.71. The summed E-state index contributed by atoms with van der Waals surface area (Å²) in [7, 11) is 0. The third-order valence-electron chi connectivity index (χ3n) is 3.34. The fourth-order valence-corrected chi connectivity index (χ4v) is 2.27. The number of benzene rings is 1. The average molecular weight is 214 g/mol. The van der Waals surface area contributed by atoms with Crippen LogP contribution < -0.4 is 5.73 Å². The summed E-state index contributed by atoms with van der Waals surface area (Å²) in [5.74, 6) is 0. The highest BCUT2D eigenvalue weighted by molar-refractivity contribution is 5.96. The van der Waals surface area contributed by atoms with Crippen molar-refractivity contribution < 1.29 is 0 Å². The van der Waals surface area contributed by atoms with E-state index in [-0.39, 0.29) is 0 Å². The van der Waals surface area contributed by atoms with Gasteiger partial charge < -0.3 is 5.73 Å². The van der Waals surface area contributed by atoms with Crippen molar-refractivity contribution in [2.45, 2.75) is 34.1 Å². The first-order chi connectivity index (χ1) is 7.56. The number of pyridine rings is 1. The molecule has 0 saturated heterocycles. The second-order valence-corrected chi connectivity index (χ2v) is 4.35. The number of nitrogens with zero attached hydrogens (tertiary/aromatic N) is 1. The van der Waals surface area contributed by atoms with Gasteiger partial charge in [0, 0.05) is 16.8 Å². The van der Waals surface area contributed by atoms with Crippen LogP contribution in [0.1, 0.15) is 29.3 Å². The predicted octanol–water partition coefficient (Wildman–Crippen LogP) is 3.30. The molecule has 0 spiro atoms. The monoisotopic (exact) mass is 214 g/mol. The largest absolute Gasteiger partial charge is 0.398 e. The first-order valence-corrected chi connectivity index (χ1v) is 5.71. The van der Waals surface area contributed by atoms with Crippen LogP contribution in [0.5, 0.6) is 0 Å². The zero-order chi connectivity index (χ0) is 11.9. The van der Waals surface area contributed by atoms with E-state index in [1.54, 1.807) is 0 Å². The molecule has 0 radical (unpaired) electrons. The quantitative estimate of drug-likeness (QED) is 0.740. The number of nitrogen functional groups attached to an aromatic ring is 1. The van der Waals surface area contributed by atoms with Gasteiger partial charge in [-0.3, -0.25) is 4.98 Å². The second kappa shape index (κ2) is 3.78. The summed E-state index contributed by atoms with van der Waals surface area (Å²) in [6.45, 7) is 8.45. The molecule has 84 valence electrons. The van der Waals surface area contributed by atoms with E-state index in [1.807, 2.05) is 12.1 Å². The summed E-state index contributed by atoms with van der Waals surface area (Å²) >= 11 is 0. The normalized spacial score (nSPS) is 11.0. The Hall–Kier alpha value is -1.57. The third kappa shape index (κ3) is 1.45. The zero-order valence-corrected chi connectivity index (χ0v) is 10.4. The van der Waals surface area contributed by atoms with Crippen LogP contribution in [0.2, 0.25) is 0 Å². The molecule has 16 heavy (non-hydrogen) atoms. The van der Waals surface area contributed by atoms with E-state index >= 15 is 0 Å². The molecule has 0 saturated carbocycles. The fraction of sp³-hybridized carbons (Fsp3) is 0.357. The van der Waals surface area contributed by atoms with E-state index in [0.29, 0.717) is 0 Å². The molecule has 1 aromatic carbocycles. The Morgan fingerprint density at radius 2 is 1.88 bits per heavy atom. The van der Waals surface area contributed by atoms with Crippen molar-refractivity contribution >= 4 is 16.6 Å². The van der Waals surface area contributed by atoms with Crippen LogP contribution >= 0.6 is 0 Å². The molecule has 0 fully saturated rings. The standard InChI is InChI=1S/C14H18N2/c1-5-11-9(3)10(4)16-14-8(2)6-7-12(15)13(11)14/h6-7H,5,15H2,1-4H3. The van der Waals surface area contributed by atoms with Crippen LogP contribution in [-0.4, -0.2) is 4.98 Å². The van der Waals surface area contributed by atoms with E-state index in [4.69, 9.17) is 5.73 Å². The van der Waals surface area contributed by atoms with Crippen LogP contribution in [-0.2, 0) is 6.42 Å². The number of anilines is 1. The van der Waals surface area contributed by atoms with Crippen molar-refractivity contribution in [3.8, 4) is 0 Å². The van der Waals surface area contributed by atoms with Crippen LogP contribution in [0.4, 0.5) is 5.69 Å². The summed E-state index contributed by atoms with van der Waals surface area (Å²) < 4.78 is 0. The van der Waals surface area contributed by atoms with Gasteiger partial charge >= 0.3 is 0 Å². The SMILES string of the molecule is CCc1c(C)c(C)nc2c(C)ccc(N)c12. The lowest BCUT2D eigenvalue weighted by atomic mass is 9.97. The molecule has 2 aromatic rings. The van der Waals surface area contributed by atoms with E-state index in [9.17, 15) is 0 Å². The van der Waals surface area contributed by atoms with Gasteiger partial charge in [-0.05, 0) is 49.9 Å². The number of hydrogen-bond donors (Lipinski definition) is 1. The van der Waals surface area contributed by atoms with Crippen LogP contribution in [0.3, 0.4) is 0 Å². The van der Waals surface area contributed by atoms with Gasteiger partial charge in [-0.2, -0.15) is 0 Å². The van der Waals surface area contributed by atoms with Crippen molar-refractivity contribution in [1.82, 2.24) is 4.98 Å². The Morgan fingerprint density at radius 1 is 1.19 bits per heavy atom. The van der Waals surface area contributed by atoms with Crippen molar-refractivity contribution in [2.24, 2.45) is 0 Å². The van der Waals surface area contributed by atoms with Gasteiger partial charge in [0.25, 0.3) is 0 Å². The van der Waals surface area contributed by atoms with Crippen LogP contribution in [0.15, 0.2) is 12.1 Å². The highest BCUT2D eigenvalue weighted by Gasteiger charge is 2.11. The minimum Gasteiger partial charge on any atom is -0.398 e. The first kappa shape index (κ1) is 10.9. The molecule has 0 amide bonds. The van der Waals surface area contributed by atoms with Crippen molar-refractivity contribution in [3.05, 3.63) is 34.5 Å². The summed E-state index contributed by atoms with van der Waals surface area (Å²) in [6.07, 6.45) is 0.999. The lowest BCUT2D eigenvalue weighted by Crippen LogP contribution is -2.01. The Morgan fingerprint density at radius 3 is 2.50 bits per heavy atom. The van der Waals surface area contributed by atoms with Crippen molar-refractivity contribution in [1.29, 1.82) is 0 Å². The molecule has 0 aliphatic heterocycles. The maximum atomic E-state index is 6.08. The van der Waals surface area contributed by atoms with Gasteiger partial charge in [0.2, 0.25) is 0 Å². The maximum absolute atomic E-state index is 6.08. The Bertz CT molecular complexity index is 556. The minimum atomic E-state index is 0.841. The lowest BCUT2D eigenvalue weighted by molar-refractivity contribution is 1.08. The molecular weight excluding hydrogens is 196 g/mol. The third-order valence-corrected chi connectivity index (χ3v) is 3.34. The molecule has 0 aliphatic carbocycles. The van der Waals surface area contributed by atoms with Gasteiger partial charge in [-0.25, -0.2) is 0 Å². The smallest absolute Gasteiger partial charge is 0.0757 e. The van der Waals surface area contributed by atoms with E-state index in [2.05, 4.69) is 32.7 Å². The van der Waals surface area contributed by atoms with Crippen LogP contribution in [0.25, 0.3) is 10.9 Å². The summed E-state index contributed by atoms with van der Waals surface area (Å²) in [5.41, 5.74) is 12.9. The topological polar surface area (TPSA) is 38.9 Å². The number of fused-ring (bicyclic) bond motifs is 1. The predicted molar refractivity (Wildman–Crippen MR) is 69.7 cm³/mol. The number of nitrogens with two attached hydrogens (primary N) is 1. The minimum absolute atomic E-state index is 0.841. The number of aryl methyl sites for hydroxylation is 3. The summed E-state index contributed by atoms with van der Waals surface area (Å²) in [4.78, 5) is 4.66. The molecule has 2 nitrogen and oxygen atoms in total. The van der Waals surface area contributed by atoms with Crippen LogP contribution in [0, 0.1) is 20.8 Å². The highest BCUT2D eigenvalue weighted by Crippen LogP contribution is 2.30. The van der Waals surface area contributed by atoms with Gasteiger partial charge in [0.05, 0.1) is 5.52 Å². The van der Waals surface area contributed by atoms with Gasteiger partial charge in [0.15, 0.2) is 0 Å². The fourth-order valence-electron chi connectivity index (χ4n) is 2.27. The number of aromatic nitrogens is 1. The Kier molecular flexibility index (Phi) is 2.58. The van der Waals surface area contributed by atoms with Gasteiger partial charge in [-0.15, -0.1) is 0 Å². The van der Waals surface area contributed by atoms with E-state index < -0.39 is 0 Å². The maximum Gasteiger partial charge on any atom is 0.0757 e. The molecule has 0 unspecified atom stereocenters. The number of rotatable bonds is 1. The molecular formula is C14H18N2. The second-order valence-electron chi connectivity index (χ2n) is 4.35. The summed E-state index contributed by atoms with van der Waals surface area (Å²) in [5, 5.41) is 1.14. The molecule has 1 heterocycles. The lowest BCUT2D eigenvalue weighted by Gasteiger charge is -2.14. The summed E-state index contributed by atoms with van der Waals surface area (Å²) in [6, 6.07) is 4.02. The Labute approximate surface area is 96.5 Å². The molecule has 0 bridgehead atoms. The zero-order valence-electron chi connectivity index (χ0n) is 10.4. The van der Waals surface area contributed by atoms with Crippen molar-refractivity contribution in [3.63, 3.8) is 0 Å². The van der Waals surface area contributed by atoms with E-state index in [0.717, 1.165) is 28.7 Å². The molecule has 2 N–H and O–H groups in total. The number of hydrogen-bond acceptors (Lipinski definition) is 2. The van der Waals surface area contributed by atoms with Gasteiger partial charge in [0.1, 0.15) is 0 Å². The van der Waals surface area contributed by atoms with E-state index in [1.165, 1.54) is 16.7 Å².